The summed E-state index contributed by atoms with van der Waals surface area (Å²) in [5.74, 6) is 0. The van der Waals surface area contributed by atoms with Crippen molar-refractivity contribution < 1.29 is 4.92 Å². The quantitative estimate of drug-likeness (QED) is 0.410. The number of nitro groups is 1. The fraction of sp³-hybridized carbons (Fsp3) is 0.158. The molecule has 1 heterocycles. The van der Waals surface area contributed by atoms with Crippen molar-refractivity contribution in [2.75, 3.05) is 0 Å². The van der Waals surface area contributed by atoms with Crippen molar-refractivity contribution in [2.24, 2.45) is 4.99 Å². The molecule has 138 valence electrons. The predicted molar refractivity (Wildman–Crippen MR) is 106 cm³/mol. The largest absolute Gasteiger partial charge is 0.296 e. The second kappa shape index (κ2) is 7.20. The Morgan fingerprint density at radius 1 is 1.15 bits per heavy atom. The number of aromatic amines is 1. The lowest BCUT2D eigenvalue weighted by Gasteiger charge is -2.05. The van der Waals surface area contributed by atoms with E-state index >= 15 is 0 Å². The predicted octanol–water partition coefficient (Wildman–Crippen LogP) is 4.40. The molecule has 0 aliphatic carbocycles. The highest BCUT2D eigenvalue weighted by atomic mass is 35.5. The zero-order chi connectivity index (χ0) is 19.7. The normalized spacial score (nSPS) is 11.3. The number of nitrogens with one attached hydrogen (secondary N) is 1. The molecule has 7 nitrogen and oxygen atoms in total. The molecule has 27 heavy (non-hydrogen) atoms. The molecule has 3 aromatic rings. The highest BCUT2D eigenvalue weighted by molar-refractivity contribution is 6.30. The van der Waals surface area contributed by atoms with Crippen molar-refractivity contribution in [1.29, 1.82) is 0 Å². The molecule has 0 saturated heterocycles. The molecule has 8 heteroatoms. The Morgan fingerprint density at radius 2 is 1.89 bits per heavy atom. The van der Waals surface area contributed by atoms with Gasteiger partial charge in [0.25, 0.3) is 11.2 Å². The van der Waals surface area contributed by atoms with Gasteiger partial charge in [-0.15, -0.1) is 0 Å². The molecule has 1 N–H and O–H groups in total. The number of aromatic nitrogens is 2. The van der Waals surface area contributed by atoms with Crippen LogP contribution in [-0.2, 0) is 0 Å². The molecule has 0 aliphatic rings. The molecular formula is C19H17ClN4O3. The van der Waals surface area contributed by atoms with E-state index in [0.29, 0.717) is 16.9 Å². The molecule has 0 amide bonds. The van der Waals surface area contributed by atoms with Crippen LogP contribution in [0.5, 0.6) is 0 Å². The topological polar surface area (TPSA) is 93.3 Å². The molecule has 2 aromatic carbocycles. The van der Waals surface area contributed by atoms with Crippen LogP contribution in [0.1, 0.15) is 22.4 Å². The Balaban J connectivity index is 2.03. The lowest BCUT2D eigenvalue weighted by Crippen LogP contribution is -2.17. The van der Waals surface area contributed by atoms with Gasteiger partial charge in [-0.2, -0.15) is 0 Å². The Morgan fingerprint density at radius 3 is 2.56 bits per heavy atom. The lowest BCUT2D eigenvalue weighted by atomic mass is 10.1. The van der Waals surface area contributed by atoms with E-state index in [1.54, 1.807) is 6.92 Å². The maximum atomic E-state index is 12.8. The van der Waals surface area contributed by atoms with Gasteiger partial charge in [-0.05, 0) is 56.2 Å². The Hall–Kier alpha value is -3.19. The molecule has 0 unspecified atom stereocenters. The van der Waals surface area contributed by atoms with Crippen molar-refractivity contribution in [3.8, 4) is 5.69 Å². The van der Waals surface area contributed by atoms with Crippen LogP contribution in [0.25, 0.3) is 5.69 Å². The molecule has 3 rings (SSSR count). The Labute approximate surface area is 160 Å². The van der Waals surface area contributed by atoms with Crippen molar-refractivity contribution in [3.05, 3.63) is 84.3 Å². The minimum atomic E-state index is -0.560. The van der Waals surface area contributed by atoms with Gasteiger partial charge >= 0.3 is 0 Å². The van der Waals surface area contributed by atoms with Crippen LogP contribution in [0.2, 0.25) is 5.02 Å². The molecule has 0 atom stereocenters. The third kappa shape index (κ3) is 3.68. The number of halogens is 1. The first kappa shape index (κ1) is 18.6. The van der Waals surface area contributed by atoms with Crippen molar-refractivity contribution in [1.82, 2.24) is 9.78 Å². The average Bonchev–Trinajstić information content (AvgIpc) is 2.90. The van der Waals surface area contributed by atoms with E-state index < -0.39 is 4.92 Å². The summed E-state index contributed by atoms with van der Waals surface area (Å²) in [6.45, 7) is 5.72. The molecule has 0 fully saturated rings. The number of hydrogen-bond acceptors (Lipinski definition) is 4. The van der Waals surface area contributed by atoms with E-state index in [2.05, 4.69) is 10.1 Å². The number of rotatable bonds is 4. The van der Waals surface area contributed by atoms with E-state index in [1.165, 1.54) is 29.1 Å². The average molecular weight is 385 g/mol. The number of hydrogen-bond donors (Lipinski definition) is 1. The number of aryl methyl sites for hydroxylation is 3. The standard InChI is InChI=1S/C19H17ClN4O3/c1-11-4-6-15(8-12(11)2)23-19(25)16(13(3)22-23)10-21-17-7-5-14(20)9-18(17)24(26)27/h4-10,22H,1-3H3. The van der Waals surface area contributed by atoms with Gasteiger partial charge in [0.15, 0.2) is 0 Å². The van der Waals surface area contributed by atoms with Crippen LogP contribution in [0, 0.1) is 30.9 Å². The monoisotopic (exact) mass is 384 g/mol. The maximum absolute atomic E-state index is 12.8. The first-order valence-corrected chi connectivity index (χ1v) is 8.53. The Kier molecular flexibility index (Phi) is 4.96. The van der Waals surface area contributed by atoms with Crippen LogP contribution in [-0.4, -0.2) is 20.9 Å². The SMILES string of the molecule is Cc1ccc(-n2[nH]c(C)c(C=Nc3ccc(Cl)cc3[N+](=O)[O-])c2=O)cc1C. The summed E-state index contributed by atoms with van der Waals surface area (Å²) in [5, 5.41) is 14.4. The summed E-state index contributed by atoms with van der Waals surface area (Å²) < 4.78 is 1.43. The van der Waals surface area contributed by atoms with Crippen molar-refractivity contribution in [2.45, 2.75) is 20.8 Å². The van der Waals surface area contributed by atoms with Gasteiger partial charge in [0, 0.05) is 23.0 Å². The summed E-state index contributed by atoms with van der Waals surface area (Å²) in [7, 11) is 0. The summed E-state index contributed by atoms with van der Waals surface area (Å²) >= 11 is 5.81. The number of benzene rings is 2. The van der Waals surface area contributed by atoms with E-state index in [1.807, 2.05) is 32.0 Å². The van der Waals surface area contributed by atoms with Crippen molar-refractivity contribution in [3.63, 3.8) is 0 Å². The summed E-state index contributed by atoms with van der Waals surface area (Å²) in [5.41, 5.74) is 3.48. The minimum absolute atomic E-state index is 0.127. The maximum Gasteiger partial charge on any atom is 0.296 e. The van der Waals surface area contributed by atoms with Gasteiger partial charge in [0.2, 0.25) is 0 Å². The zero-order valence-corrected chi connectivity index (χ0v) is 15.7. The van der Waals surface area contributed by atoms with Gasteiger partial charge in [0.1, 0.15) is 5.69 Å². The summed E-state index contributed by atoms with van der Waals surface area (Å²) in [6, 6.07) is 9.89. The van der Waals surface area contributed by atoms with Crippen LogP contribution < -0.4 is 5.56 Å². The third-order valence-corrected chi connectivity index (χ3v) is 4.57. The number of H-pyrrole nitrogens is 1. The second-order valence-corrected chi connectivity index (χ2v) is 6.64. The minimum Gasteiger partial charge on any atom is -0.295 e. The third-order valence-electron chi connectivity index (χ3n) is 4.33. The highest BCUT2D eigenvalue weighted by Gasteiger charge is 2.15. The highest BCUT2D eigenvalue weighted by Crippen LogP contribution is 2.30. The first-order chi connectivity index (χ1) is 12.8. The van der Waals surface area contributed by atoms with Crippen LogP contribution in [0.3, 0.4) is 0 Å². The fourth-order valence-electron chi connectivity index (χ4n) is 2.64. The number of nitro benzene ring substituents is 1. The van der Waals surface area contributed by atoms with E-state index in [4.69, 9.17) is 11.6 Å². The van der Waals surface area contributed by atoms with E-state index in [0.717, 1.165) is 11.1 Å². The summed E-state index contributed by atoms with van der Waals surface area (Å²) in [6.07, 6.45) is 1.34. The smallest absolute Gasteiger partial charge is 0.295 e. The van der Waals surface area contributed by atoms with Gasteiger partial charge in [-0.1, -0.05) is 17.7 Å². The molecule has 0 radical (unpaired) electrons. The van der Waals surface area contributed by atoms with Gasteiger partial charge in [-0.25, -0.2) is 9.67 Å². The van der Waals surface area contributed by atoms with Gasteiger partial charge in [0.05, 0.1) is 16.2 Å². The molecule has 0 saturated carbocycles. The Bertz CT molecular complexity index is 1130. The summed E-state index contributed by atoms with van der Waals surface area (Å²) in [4.78, 5) is 27.5. The second-order valence-electron chi connectivity index (χ2n) is 6.21. The number of aliphatic imine (C=N–C) groups is 1. The fourth-order valence-corrected chi connectivity index (χ4v) is 2.81. The molecular weight excluding hydrogens is 368 g/mol. The van der Waals surface area contributed by atoms with E-state index in [-0.39, 0.29) is 22.0 Å². The van der Waals surface area contributed by atoms with Crippen LogP contribution >= 0.6 is 11.6 Å². The molecule has 0 spiro atoms. The molecule has 1 aromatic heterocycles. The first-order valence-electron chi connectivity index (χ1n) is 8.15. The molecule has 0 aliphatic heterocycles. The molecule has 0 bridgehead atoms. The van der Waals surface area contributed by atoms with Gasteiger partial charge < -0.3 is 0 Å². The van der Waals surface area contributed by atoms with Gasteiger partial charge in [-0.3, -0.25) is 20.0 Å². The number of nitrogens with zero attached hydrogens (tertiary/aromatic N) is 3. The van der Waals surface area contributed by atoms with Crippen LogP contribution in [0.4, 0.5) is 11.4 Å². The van der Waals surface area contributed by atoms with Crippen molar-refractivity contribution >= 4 is 29.2 Å². The zero-order valence-electron chi connectivity index (χ0n) is 15.0. The van der Waals surface area contributed by atoms with E-state index in [9.17, 15) is 14.9 Å². The lowest BCUT2D eigenvalue weighted by molar-refractivity contribution is -0.384. The van der Waals surface area contributed by atoms with Crippen LogP contribution in [0.15, 0.2) is 46.2 Å².